The molecule has 74 valence electrons. The van der Waals surface area contributed by atoms with Gasteiger partial charge in [-0.2, -0.15) is 0 Å². The Hall–Kier alpha value is -0.340. The normalized spacial score (nSPS) is 42.6. The van der Waals surface area contributed by atoms with Gasteiger partial charge in [0, 0.05) is 6.42 Å². The van der Waals surface area contributed by atoms with Gasteiger partial charge < -0.3 is 9.84 Å². The second kappa shape index (κ2) is 3.81. The summed E-state index contributed by atoms with van der Waals surface area (Å²) in [6.45, 7) is 2.22. The molecule has 0 aromatic carbocycles. The number of aliphatic hydroxyl groups is 1. The van der Waals surface area contributed by atoms with Crippen LogP contribution >= 0.6 is 0 Å². The molecule has 13 heavy (non-hydrogen) atoms. The molecule has 0 amide bonds. The SMILES string of the molecule is CCCC[C@H]1C=C[C@@H]2OC(O)C[C@H]12. The number of aliphatic hydroxyl groups excluding tert-OH is 1. The minimum absolute atomic E-state index is 0.205. The van der Waals surface area contributed by atoms with Crippen molar-refractivity contribution in [1.82, 2.24) is 0 Å². The van der Waals surface area contributed by atoms with E-state index in [2.05, 4.69) is 19.1 Å². The lowest BCUT2D eigenvalue weighted by molar-refractivity contribution is -0.0783. The maximum Gasteiger partial charge on any atom is 0.155 e. The Labute approximate surface area is 79.6 Å². The molecule has 0 saturated carbocycles. The monoisotopic (exact) mass is 182 g/mol. The number of ether oxygens (including phenoxy) is 1. The number of unbranched alkanes of at least 4 members (excludes halogenated alkanes) is 1. The molecule has 1 fully saturated rings. The highest BCUT2D eigenvalue weighted by atomic mass is 16.6. The molecule has 1 unspecified atom stereocenters. The lowest BCUT2D eigenvalue weighted by atomic mass is 9.88. The molecule has 1 aliphatic heterocycles. The van der Waals surface area contributed by atoms with E-state index in [9.17, 15) is 5.11 Å². The van der Waals surface area contributed by atoms with Crippen molar-refractivity contribution in [1.29, 1.82) is 0 Å². The molecule has 1 aliphatic carbocycles. The molecule has 4 atom stereocenters. The number of rotatable bonds is 3. The highest BCUT2D eigenvalue weighted by Gasteiger charge is 2.39. The van der Waals surface area contributed by atoms with Crippen LogP contribution in [0.4, 0.5) is 0 Å². The summed E-state index contributed by atoms with van der Waals surface area (Å²) < 4.78 is 5.36. The van der Waals surface area contributed by atoms with Crippen molar-refractivity contribution in [3.63, 3.8) is 0 Å². The number of fused-ring (bicyclic) bond motifs is 1. The molecule has 2 heteroatoms. The fourth-order valence-corrected chi connectivity index (χ4v) is 2.46. The highest BCUT2D eigenvalue weighted by Crippen LogP contribution is 2.39. The number of hydrogen-bond donors (Lipinski definition) is 1. The first-order chi connectivity index (χ1) is 6.31. The van der Waals surface area contributed by atoms with Crippen molar-refractivity contribution in [3.8, 4) is 0 Å². The van der Waals surface area contributed by atoms with Gasteiger partial charge in [-0.1, -0.05) is 31.9 Å². The molecule has 0 aromatic heterocycles. The summed E-state index contributed by atoms with van der Waals surface area (Å²) in [6, 6.07) is 0. The van der Waals surface area contributed by atoms with Crippen LogP contribution in [-0.2, 0) is 4.74 Å². The van der Waals surface area contributed by atoms with E-state index >= 15 is 0 Å². The van der Waals surface area contributed by atoms with Crippen LogP contribution in [0.25, 0.3) is 0 Å². The maximum absolute atomic E-state index is 9.32. The van der Waals surface area contributed by atoms with Gasteiger partial charge in [-0.3, -0.25) is 0 Å². The standard InChI is InChI=1S/C11H18O2/c1-2-3-4-8-5-6-10-9(8)7-11(12)13-10/h5-6,8-12H,2-4,7H2,1H3/t8-,9+,10-,11?/m0/s1. The first-order valence-electron chi connectivity index (χ1n) is 5.33. The molecule has 2 aliphatic rings. The Kier molecular flexibility index (Phi) is 2.70. The molecule has 1 N–H and O–H groups in total. The van der Waals surface area contributed by atoms with Gasteiger partial charge in [0.25, 0.3) is 0 Å². The zero-order valence-electron chi connectivity index (χ0n) is 8.15. The lowest BCUT2D eigenvalue weighted by Crippen LogP contribution is -2.14. The van der Waals surface area contributed by atoms with Crippen LogP contribution in [0.5, 0.6) is 0 Å². The summed E-state index contributed by atoms with van der Waals surface area (Å²) in [5.41, 5.74) is 0. The predicted molar refractivity (Wildman–Crippen MR) is 51.1 cm³/mol. The van der Waals surface area contributed by atoms with Crippen LogP contribution in [0.3, 0.4) is 0 Å². The average molecular weight is 182 g/mol. The Morgan fingerprint density at radius 2 is 2.31 bits per heavy atom. The summed E-state index contributed by atoms with van der Waals surface area (Å²) in [7, 11) is 0. The van der Waals surface area contributed by atoms with Crippen LogP contribution in [0.1, 0.15) is 32.6 Å². The van der Waals surface area contributed by atoms with Crippen LogP contribution < -0.4 is 0 Å². The van der Waals surface area contributed by atoms with Crippen LogP contribution in [0, 0.1) is 11.8 Å². The van der Waals surface area contributed by atoms with Gasteiger partial charge in [0.1, 0.15) is 0 Å². The fraction of sp³-hybridized carbons (Fsp3) is 0.818. The van der Waals surface area contributed by atoms with E-state index in [0.29, 0.717) is 11.8 Å². The zero-order valence-corrected chi connectivity index (χ0v) is 8.15. The topological polar surface area (TPSA) is 29.5 Å². The van der Waals surface area contributed by atoms with Crippen LogP contribution in [0.15, 0.2) is 12.2 Å². The van der Waals surface area contributed by atoms with Gasteiger partial charge in [-0.25, -0.2) is 0 Å². The Morgan fingerprint density at radius 1 is 1.46 bits per heavy atom. The first-order valence-corrected chi connectivity index (χ1v) is 5.33. The van der Waals surface area contributed by atoms with Crippen molar-refractivity contribution >= 4 is 0 Å². The Morgan fingerprint density at radius 3 is 3.08 bits per heavy atom. The van der Waals surface area contributed by atoms with Gasteiger partial charge in [0.2, 0.25) is 0 Å². The van der Waals surface area contributed by atoms with E-state index in [0.717, 1.165) is 6.42 Å². The summed E-state index contributed by atoms with van der Waals surface area (Å²) >= 11 is 0. The molecule has 2 rings (SSSR count). The largest absolute Gasteiger partial charge is 0.368 e. The Bertz CT molecular complexity index is 200. The molecular formula is C11H18O2. The van der Waals surface area contributed by atoms with Crippen molar-refractivity contribution in [2.75, 3.05) is 0 Å². The molecule has 1 heterocycles. The third-order valence-corrected chi connectivity index (χ3v) is 3.20. The smallest absolute Gasteiger partial charge is 0.155 e. The van der Waals surface area contributed by atoms with Gasteiger partial charge in [0.15, 0.2) is 6.29 Å². The maximum atomic E-state index is 9.32. The van der Waals surface area contributed by atoms with Gasteiger partial charge in [-0.15, -0.1) is 0 Å². The quantitative estimate of drug-likeness (QED) is 0.677. The fourth-order valence-electron chi connectivity index (χ4n) is 2.46. The van der Waals surface area contributed by atoms with Crippen molar-refractivity contribution in [3.05, 3.63) is 12.2 Å². The van der Waals surface area contributed by atoms with Gasteiger partial charge in [-0.05, 0) is 18.3 Å². The van der Waals surface area contributed by atoms with E-state index in [1.165, 1.54) is 19.3 Å². The van der Waals surface area contributed by atoms with Crippen LogP contribution in [0.2, 0.25) is 0 Å². The minimum Gasteiger partial charge on any atom is -0.368 e. The van der Waals surface area contributed by atoms with Crippen LogP contribution in [-0.4, -0.2) is 17.5 Å². The van der Waals surface area contributed by atoms with Gasteiger partial charge in [0.05, 0.1) is 6.10 Å². The molecule has 0 bridgehead atoms. The summed E-state index contributed by atoms with van der Waals surface area (Å²) in [6.07, 6.45) is 8.72. The highest BCUT2D eigenvalue weighted by molar-refractivity contribution is 5.10. The third kappa shape index (κ3) is 1.79. The van der Waals surface area contributed by atoms with E-state index in [1.54, 1.807) is 0 Å². The van der Waals surface area contributed by atoms with E-state index in [1.807, 2.05) is 0 Å². The van der Waals surface area contributed by atoms with E-state index in [4.69, 9.17) is 4.74 Å². The summed E-state index contributed by atoms with van der Waals surface area (Å²) in [5, 5.41) is 9.32. The van der Waals surface area contributed by atoms with Crippen molar-refractivity contribution < 1.29 is 9.84 Å². The zero-order chi connectivity index (χ0) is 9.26. The number of allylic oxidation sites excluding steroid dienone is 1. The second-order valence-electron chi connectivity index (χ2n) is 4.15. The molecule has 0 spiro atoms. The minimum atomic E-state index is -0.510. The molecule has 2 nitrogen and oxygen atoms in total. The number of hydrogen-bond acceptors (Lipinski definition) is 2. The molecule has 0 radical (unpaired) electrons. The molecular weight excluding hydrogens is 164 g/mol. The predicted octanol–water partition coefficient (Wildman–Crippen LogP) is 2.09. The van der Waals surface area contributed by atoms with E-state index in [-0.39, 0.29) is 6.10 Å². The average Bonchev–Trinajstić information content (AvgIpc) is 2.61. The van der Waals surface area contributed by atoms with Crippen molar-refractivity contribution in [2.24, 2.45) is 11.8 Å². The summed E-state index contributed by atoms with van der Waals surface area (Å²) in [4.78, 5) is 0. The first kappa shape index (κ1) is 9.22. The third-order valence-electron chi connectivity index (χ3n) is 3.20. The lowest BCUT2D eigenvalue weighted by Gasteiger charge is -2.16. The molecule has 0 aromatic rings. The van der Waals surface area contributed by atoms with Gasteiger partial charge >= 0.3 is 0 Å². The van der Waals surface area contributed by atoms with E-state index < -0.39 is 6.29 Å². The summed E-state index contributed by atoms with van der Waals surface area (Å²) in [5.74, 6) is 1.21. The van der Waals surface area contributed by atoms with Crippen molar-refractivity contribution in [2.45, 2.75) is 45.0 Å². The molecule has 1 saturated heterocycles. The Balaban J connectivity index is 1.89. The second-order valence-corrected chi connectivity index (χ2v) is 4.15.